The lowest BCUT2D eigenvalue weighted by Gasteiger charge is -2.08. The summed E-state index contributed by atoms with van der Waals surface area (Å²) in [6.07, 6.45) is 6.11. The lowest BCUT2D eigenvalue weighted by atomic mass is 9.95. The first kappa shape index (κ1) is 15.9. The van der Waals surface area contributed by atoms with Crippen molar-refractivity contribution in [3.8, 4) is 0 Å². The Labute approximate surface area is 142 Å². The lowest BCUT2D eigenvalue weighted by Crippen LogP contribution is -2.23. The van der Waals surface area contributed by atoms with E-state index < -0.39 is 0 Å². The maximum atomic E-state index is 12.9. The van der Waals surface area contributed by atoms with Crippen LogP contribution in [0.5, 0.6) is 0 Å². The summed E-state index contributed by atoms with van der Waals surface area (Å²) in [5.74, 6) is 0.151. The molecule has 3 aromatic rings. The second kappa shape index (κ2) is 7.10. The van der Waals surface area contributed by atoms with E-state index in [1.54, 1.807) is 6.08 Å². The molecular formula is C23H20O. The Morgan fingerprint density at radius 3 is 2.46 bits per heavy atom. The van der Waals surface area contributed by atoms with Gasteiger partial charge in [0.25, 0.3) is 0 Å². The summed E-state index contributed by atoms with van der Waals surface area (Å²) in [6.45, 7) is 5.75. The SMILES string of the molecule is C=C/C=c1/cccc/c1=C/CC(=O)c1c(C)ccc2ccccc12. The van der Waals surface area contributed by atoms with Crippen molar-refractivity contribution in [2.24, 2.45) is 0 Å². The molecule has 0 N–H and O–H groups in total. The van der Waals surface area contributed by atoms with Crippen LogP contribution in [0.2, 0.25) is 0 Å². The minimum atomic E-state index is 0.151. The predicted molar refractivity (Wildman–Crippen MR) is 102 cm³/mol. The van der Waals surface area contributed by atoms with Crippen LogP contribution >= 0.6 is 0 Å². The zero-order chi connectivity index (χ0) is 16.9. The normalized spacial score (nSPS) is 12.5. The molecule has 0 bridgehead atoms. The van der Waals surface area contributed by atoms with Gasteiger partial charge in [-0.05, 0) is 33.7 Å². The molecule has 0 aliphatic rings. The Kier molecular flexibility index (Phi) is 4.72. The summed E-state index contributed by atoms with van der Waals surface area (Å²) in [5.41, 5.74) is 1.85. The summed E-state index contributed by atoms with van der Waals surface area (Å²) >= 11 is 0. The largest absolute Gasteiger partial charge is 0.294 e. The van der Waals surface area contributed by atoms with Gasteiger partial charge in [-0.15, -0.1) is 0 Å². The van der Waals surface area contributed by atoms with Crippen molar-refractivity contribution in [3.05, 3.63) is 94.9 Å². The Morgan fingerprint density at radius 1 is 0.958 bits per heavy atom. The standard InChI is InChI=1S/C23H20O/c1-3-8-18-9-4-5-10-19(18)15-16-22(24)23-17(2)13-14-20-11-6-7-12-21(20)23/h3-15H,1,16H2,2H3/b18-8-,19-15-. The van der Waals surface area contributed by atoms with E-state index in [1.807, 2.05) is 73.7 Å². The zero-order valence-electron chi connectivity index (χ0n) is 13.8. The molecule has 1 nitrogen and oxygen atoms in total. The van der Waals surface area contributed by atoms with Gasteiger partial charge in [0.05, 0.1) is 0 Å². The third-order valence-corrected chi connectivity index (χ3v) is 4.22. The van der Waals surface area contributed by atoms with Gasteiger partial charge in [0.1, 0.15) is 0 Å². The quantitative estimate of drug-likeness (QED) is 0.661. The fourth-order valence-corrected chi connectivity index (χ4v) is 3.03. The first-order valence-electron chi connectivity index (χ1n) is 8.10. The van der Waals surface area contributed by atoms with E-state index in [0.29, 0.717) is 6.42 Å². The number of rotatable bonds is 4. The number of hydrogen-bond donors (Lipinski definition) is 0. The van der Waals surface area contributed by atoms with Crippen molar-refractivity contribution in [3.63, 3.8) is 0 Å². The number of carbonyl (C=O) groups is 1. The molecule has 3 rings (SSSR count). The third-order valence-electron chi connectivity index (χ3n) is 4.22. The predicted octanol–water partition coefficient (Wildman–Crippen LogP) is 4.17. The van der Waals surface area contributed by atoms with Gasteiger partial charge in [-0.2, -0.15) is 0 Å². The number of benzene rings is 3. The fraction of sp³-hybridized carbons (Fsp3) is 0.0870. The van der Waals surface area contributed by atoms with Crippen molar-refractivity contribution >= 4 is 28.7 Å². The van der Waals surface area contributed by atoms with Crippen LogP contribution < -0.4 is 10.4 Å². The molecule has 0 saturated carbocycles. The molecule has 0 atom stereocenters. The van der Waals surface area contributed by atoms with Crippen molar-refractivity contribution in [2.45, 2.75) is 13.3 Å². The van der Waals surface area contributed by atoms with Crippen molar-refractivity contribution in [2.75, 3.05) is 0 Å². The summed E-state index contributed by atoms with van der Waals surface area (Å²) in [7, 11) is 0. The van der Waals surface area contributed by atoms with Gasteiger partial charge in [0.2, 0.25) is 0 Å². The molecular weight excluding hydrogens is 292 g/mol. The molecule has 0 unspecified atom stereocenters. The van der Waals surface area contributed by atoms with Crippen LogP contribution in [-0.4, -0.2) is 5.78 Å². The van der Waals surface area contributed by atoms with Crippen LogP contribution in [0.3, 0.4) is 0 Å². The molecule has 0 spiro atoms. The lowest BCUT2D eigenvalue weighted by molar-refractivity contribution is 0.100. The van der Waals surface area contributed by atoms with E-state index in [-0.39, 0.29) is 5.78 Å². The molecule has 1 heteroatoms. The first-order chi connectivity index (χ1) is 11.7. The highest BCUT2D eigenvalue weighted by Crippen LogP contribution is 2.23. The van der Waals surface area contributed by atoms with Gasteiger partial charge in [-0.25, -0.2) is 0 Å². The highest BCUT2D eigenvalue weighted by atomic mass is 16.1. The number of allylic oxidation sites excluding steroid dienone is 1. The Bertz CT molecular complexity index is 1030. The monoisotopic (exact) mass is 312 g/mol. The number of Topliss-reactive ketones (excluding diaryl/α,β-unsaturated/α-hetero) is 1. The van der Waals surface area contributed by atoms with Gasteiger partial charge >= 0.3 is 0 Å². The van der Waals surface area contributed by atoms with Gasteiger partial charge in [0.15, 0.2) is 5.78 Å². The molecule has 0 aliphatic carbocycles. The second-order valence-corrected chi connectivity index (χ2v) is 5.84. The number of fused-ring (bicyclic) bond motifs is 1. The molecule has 0 radical (unpaired) electrons. The molecule has 24 heavy (non-hydrogen) atoms. The minimum absolute atomic E-state index is 0.151. The van der Waals surface area contributed by atoms with Crippen molar-refractivity contribution in [1.82, 2.24) is 0 Å². The average molecular weight is 312 g/mol. The topological polar surface area (TPSA) is 17.1 Å². The smallest absolute Gasteiger partial charge is 0.167 e. The van der Waals surface area contributed by atoms with Gasteiger partial charge < -0.3 is 0 Å². The fourth-order valence-electron chi connectivity index (χ4n) is 3.03. The maximum absolute atomic E-state index is 12.9. The molecule has 3 aromatic carbocycles. The first-order valence-corrected chi connectivity index (χ1v) is 8.10. The summed E-state index contributed by atoms with van der Waals surface area (Å²) in [4.78, 5) is 12.9. The van der Waals surface area contributed by atoms with E-state index in [0.717, 1.165) is 32.3 Å². The van der Waals surface area contributed by atoms with Gasteiger partial charge in [-0.3, -0.25) is 4.79 Å². The Morgan fingerprint density at radius 2 is 1.67 bits per heavy atom. The number of hydrogen-bond acceptors (Lipinski definition) is 1. The van der Waals surface area contributed by atoms with E-state index in [9.17, 15) is 4.79 Å². The van der Waals surface area contributed by atoms with E-state index >= 15 is 0 Å². The van der Waals surface area contributed by atoms with Crippen molar-refractivity contribution < 1.29 is 4.79 Å². The molecule has 0 fully saturated rings. The second-order valence-electron chi connectivity index (χ2n) is 5.84. The highest BCUT2D eigenvalue weighted by Gasteiger charge is 2.11. The molecule has 0 aromatic heterocycles. The van der Waals surface area contributed by atoms with Crippen LogP contribution in [0.25, 0.3) is 22.9 Å². The Hall–Kier alpha value is -2.93. The molecule has 0 aliphatic heterocycles. The van der Waals surface area contributed by atoms with Crippen LogP contribution in [0.1, 0.15) is 22.3 Å². The van der Waals surface area contributed by atoms with Gasteiger partial charge in [0, 0.05) is 12.0 Å². The van der Waals surface area contributed by atoms with E-state index in [1.165, 1.54) is 0 Å². The van der Waals surface area contributed by atoms with Crippen LogP contribution in [0.15, 0.2) is 73.3 Å². The molecule has 0 heterocycles. The third kappa shape index (κ3) is 3.21. The molecule has 118 valence electrons. The number of ketones is 1. The van der Waals surface area contributed by atoms with E-state index in [2.05, 4.69) is 12.6 Å². The summed E-state index contributed by atoms with van der Waals surface area (Å²) in [5, 5.41) is 4.27. The average Bonchev–Trinajstić information content (AvgIpc) is 2.61. The van der Waals surface area contributed by atoms with Crippen molar-refractivity contribution in [1.29, 1.82) is 0 Å². The van der Waals surface area contributed by atoms with Crippen LogP contribution in [0, 0.1) is 6.92 Å². The van der Waals surface area contributed by atoms with E-state index in [4.69, 9.17) is 0 Å². The van der Waals surface area contributed by atoms with Crippen LogP contribution in [0.4, 0.5) is 0 Å². The van der Waals surface area contributed by atoms with Gasteiger partial charge in [-0.1, -0.05) is 85.5 Å². The summed E-state index contributed by atoms with van der Waals surface area (Å²) in [6, 6.07) is 20.2. The highest BCUT2D eigenvalue weighted by molar-refractivity contribution is 6.10. The minimum Gasteiger partial charge on any atom is -0.294 e. The number of aryl methyl sites for hydroxylation is 1. The molecule has 0 amide bonds. The zero-order valence-corrected chi connectivity index (χ0v) is 13.8. The summed E-state index contributed by atoms with van der Waals surface area (Å²) < 4.78 is 0. The van der Waals surface area contributed by atoms with Crippen LogP contribution in [-0.2, 0) is 0 Å². The maximum Gasteiger partial charge on any atom is 0.167 e. The number of carbonyl (C=O) groups excluding carboxylic acids is 1. The Balaban J connectivity index is 2.03. The molecule has 0 saturated heterocycles.